The first kappa shape index (κ1) is 16.9. The fourth-order valence-electron chi connectivity index (χ4n) is 4.59. The summed E-state index contributed by atoms with van der Waals surface area (Å²) in [6, 6.07) is 2.93. The van der Waals surface area contributed by atoms with Gasteiger partial charge in [0, 0.05) is 5.56 Å². The molecule has 2 aliphatic rings. The molecule has 0 spiro atoms. The van der Waals surface area contributed by atoms with E-state index in [2.05, 4.69) is 6.92 Å². The zero-order chi connectivity index (χ0) is 16.6. The van der Waals surface area contributed by atoms with Gasteiger partial charge in [-0.2, -0.15) is 0 Å². The van der Waals surface area contributed by atoms with Crippen molar-refractivity contribution in [2.75, 3.05) is 0 Å². The number of rotatable bonds is 2. The van der Waals surface area contributed by atoms with Crippen LogP contribution < -0.4 is 0 Å². The van der Waals surface area contributed by atoms with E-state index in [9.17, 15) is 8.78 Å². The third kappa shape index (κ3) is 3.29. The van der Waals surface area contributed by atoms with E-state index in [1.807, 2.05) is 0 Å². The second-order valence-electron chi connectivity index (χ2n) is 7.88. The highest BCUT2D eigenvalue weighted by Crippen LogP contribution is 2.48. The minimum absolute atomic E-state index is 0.0729. The Hall–Kier alpha value is -0.990. The Morgan fingerprint density at radius 3 is 2.04 bits per heavy atom. The van der Waals surface area contributed by atoms with Gasteiger partial charge in [0.1, 0.15) is 5.67 Å². The van der Waals surface area contributed by atoms with Gasteiger partial charge in [-0.15, -0.1) is 0 Å². The van der Waals surface area contributed by atoms with Crippen LogP contribution in [0.1, 0.15) is 69.4 Å². The maximum atomic E-state index is 15.3. The molecule has 0 atom stereocenters. The van der Waals surface area contributed by atoms with Crippen molar-refractivity contribution in [2.45, 2.75) is 70.9 Å². The topological polar surface area (TPSA) is 0 Å². The lowest BCUT2D eigenvalue weighted by atomic mass is 9.67. The summed E-state index contributed by atoms with van der Waals surface area (Å²) in [5, 5.41) is 0. The van der Waals surface area contributed by atoms with Crippen molar-refractivity contribution in [3.8, 4) is 0 Å². The van der Waals surface area contributed by atoms with Crippen LogP contribution in [0, 0.1) is 36.3 Å². The molecule has 0 saturated heterocycles. The maximum absolute atomic E-state index is 15.3. The van der Waals surface area contributed by atoms with E-state index in [-0.39, 0.29) is 11.1 Å². The third-order valence-electron chi connectivity index (χ3n) is 6.31. The summed E-state index contributed by atoms with van der Waals surface area (Å²) in [5.41, 5.74) is -1.53. The monoisotopic (exact) mass is 324 g/mol. The lowest BCUT2D eigenvalue weighted by molar-refractivity contribution is 0.0499. The zero-order valence-electron chi connectivity index (χ0n) is 14.2. The van der Waals surface area contributed by atoms with Crippen LogP contribution in [0.15, 0.2) is 12.1 Å². The smallest absolute Gasteiger partial charge is 0.165 e. The van der Waals surface area contributed by atoms with Gasteiger partial charge in [-0.25, -0.2) is 13.2 Å². The van der Waals surface area contributed by atoms with E-state index < -0.39 is 17.3 Å². The molecule has 0 aliphatic heterocycles. The highest BCUT2D eigenvalue weighted by molar-refractivity contribution is 5.30. The average molecular weight is 324 g/mol. The van der Waals surface area contributed by atoms with Gasteiger partial charge in [-0.05, 0) is 68.8 Å². The van der Waals surface area contributed by atoms with Crippen LogP contribution in [-0.4, -0.2) is 0 Å². The van der Waals surface area contributed by atoms with Crippen molar-refractivity contribution in [2.24, 2.45) is 17.8 Å². The molecule has 0 radical (unpaired) electrons. The molecule has 1 aromatic rings. The lowest BCUT2D eigenvalue weighted by Crippen LogP contribution is -2.32. The van der Waals surface area contributed by atoms with Gasteiger partial charge in [0.05, 0.1) is 0 Å². The first-order chi connectivity index (χ1) is 10.9. The summed E-state index contributed by atoms with van der Waals surface area (Å²) in [5.74, 6) is 0.195. The average Bonchev–Trinajstić information content (AvgIpc) is 2.54. The number of halogens is 3. The molecule has 0 unspecified atom stereocenters. The molecule has 0 bridgehead atoms. The molecule has 23 heavy (non-hydrogen) atoms. The number of hydrogen-bond acceptors (Lipinski definition) is 0. The summed E-state index contributed by atoms with van der Waals surface area (Å²) in [6.07, 6.45) is 7.29. The fraction of sp³-hybridized carbons (Fsp3) is 0.700. The van der Waals surface area contributed by atoms with E-state index in [0.717, 1.165) is 18.8 Å². The van der Waals surface area contributed by atoms with Crippen LogP contribution in [-0.2, 0) is 5.67 Å². The van der Waals surface area contributed by atoms with Crippen molar-refractivity contribution in [3.63, 3.8) is 0 Å². The highest BCUT2D eigenvalue weighted by Gasteiger charge is 2.41. The van der Waals surface area contributed by atoms with Crippen molar-refractivity contribution < 1.29 is 13.2 Å². The molecule has 2 saturated carbocycles. The fourth-order valence-corrected chi connectivity index (χ4v) is 4.59. The Balaban J connectivity index is 1.69. The SMILES string of the molecule is Cc1ccc(C2(F)CCC(C3CCC(C)CC3)CC2)c(F)c1F. The molecule has 128 valence electrons. The molecule has 2 aliphatic carbocycles. The summed E-state index contributed by atoms with van der Waals surface area (Å²) in [4.78, 5) is 0. The Labute approximate surface area is 137 Å². The molecular weight excluding hydrogens is 297 g/mol. The standard InChI is InChI=1S/C20H27F3/c1-13-3-6-15(7-4-13)16-9-11-20(23,12-10-16)17-8-5-14(2)18(21)19(17)22/h5,8,13,15-16H,3-4,6-7,9-12H2,1-2H3. The zero-order valence-corrected chi connectivity index (χ0v) is 14.2. The van der Waals surface area contributed by atoms with Gasteiger partial charge in [-0.1, -0.05) is 31.9 Å². The van der Waals surface area contributed by atoms with Crippen molar-refractivity contribution in [3.05, 3.63) is 34.9 Å². The van der Waals surface area contributed by atoms with Crippen molar-refractivity contribution in [1.29, 1.82) is 0 Å². The molecule has 0 nitrogen and oxygen atoms in total. The van der Waals surface area contributed by atoms with Gasteiger partial charge in [-0.3, -0.25) is 0 Å². The number of alkyl halides is 1. The van der Waals surface area contributed by atoms with E-state index in [0.29, 0.717) is 24.7 Å². The lowest BCUT2D eigenvalue weighted by Gasteiger charge is -2.40. The first-order valence-corrected chi connectivity index (χ1v) is 9.04. The molecule has 3 heteroatoms. The van der Waals surface area contributed by atoms with Gasteiger partial charge >= 0.3 is 0 Å². The number of benzene rings is 1. The van der Waals surface area contributed by atoms with Gasteiger partial charge < -0.3 is 0 Å². The van der Waals surface area contributed by atoms with E-state index >= 15 is 4.39 Å². The Kier molecular flexibility index (Phi) is 4.75. The third-order valence-corrected chi connectivity index (χ3v) is 6.31. The Bertz CT molecular complexity index is 550. The predicted octanol–water partition coefficient (Wildman–Crippen LogP) is 6.45. The second-order valence-corrected chi connectivity index (χ2v) is 7.88. The molecular formula is C20H27F3. The summed E-state index contributed by atoms with van der Waals surface area (Å²) < 4.78 is 43.2. The normalized spacial score (nSPS) is 35.3. The Morgan fingerprint density at radius 2 is 1.43 bits per heavy atom. The van der Waals surface area contributed by atoms with E-state index in [1.54, 1.807) is 0 Å². The quantitative estimate of drug-likeness (QED) is 0.586. The van der Waals surface area contributed by atoms with Crippen LogP contribution >= 0.6 is 0 Å². The number of aryl methyl sites for hydroxylation is 1. The van der Waals surface area contributed by atoms with Crippen LogP contribution in [0.2, 0.25) is 0 Å². The van der Waals surface area contributed by atoms with Gasteiger partial charge in [0.2, 0.25) is 0 Å². The van der Waals surface area contributed by atoms with Crippen molar-refractivity contribution in [1.82, 2.24) is 0 Å². The predicted molar refractivity (Wildman–Crippen MR) is 87.0 cm³/mol. The first-order valence-electron chi connectivity index (χ1n) is 9.04. The highest BCUT2D eigenvalue weighted by atomic mass is 19.2. The molecule has 0 heterocycles. The minimum Gasteiger partial charge on any atom is -0.239 e. The van der Waals surface area contributed by atoms with Crippen LogP contribution in [0.3, 0.4) is 0 Å². The molecule has 0 aromatic heterocycles. The Morgan fingerprint density at radius 1 is 0.870 bits per heavy atom. The van der Waals surface area contributed by atoms with Crippen LogP contribution in [0.25, 0.3) is 0 Å². The van der Waals surface area contributed by atoms with Crippen LogP contribution in [0.4, 0.5) is 13.2 Å². The van der Waals surface area contributed by atoms with E-state index in [4.69, 9.17) is 0 Å². The minimum atomic E-state index is -1.70. The number of hydrogen-bond donors (Lipinski definition) is 0. The van der Waals surface area contributed by atoms with Gasteiger partial charge in [0.25, 0.3) is 0 Å². The second kappa shape index (κ2) is 6.49. The van der Waals surface area contributed by atoms with Gasteiger partial charge in [0.15, 0.2) is 11.6 Å². The van der Waals surface area contributed by atoms with Crippen molar-refractivity contribution >= 4 is 0 Å². The summed E-state index contributed by atoms with van der Waals surface area (Å²) in [6.45, 7) is 3.81. The maximum Gasteiger partial charge on any atom is 0.165 e. The molecule has 0 N–H and O–H groups in total. The van der Waals surface area contributed by atoms with Crippen LogP contribution in [0.5, 0.6) is 0 Å². The molecule has 3 rings (SSSR count). The summed E-state index contributed by atoms with van der Waals surface area (Å²) >= 11 is 0. The molecule has 2 fully saturated rings. The molecule has 1 aromatic carbocycles. The largest absolute Gasteiger partial charge is 0.239 e. The van der Waals surface area contributed by atoms with E-state index in [1.165, 1.54) is 44.7 Å². The molecule has 0 amide bonds. The summed E-state index contributed by atoms with van der Waals surface area (Å²) in [7, 11) is 0.